The normalized spacial score (nSPS) is 11.9. The zero-order valence-corrected chi connectivity index (χ0v) is 27.2. The summed E-state index contributed by atoms with van der Waals surface area (Å²) in [7, 11) is 0. The first-order valence-corrected chi connectivity index (χ1v) is 17.1. The average molecular weight is 654 g/mol. The van der Waals surface area contributed by atoms with Crippen LogP contribution in [0.2, 0.25) is 0 Å². The summed E-state index contributed by atoms with van der Waals surface area (Å²) < 4.78 is 14.9. The van der Waals surface area contributed by atoms with Crippen molar-refractivity contribution in [1.82, 2.24) is 14.5 Å². The smallest absolute Gasteiger partial charge is 0.160 e. The van der Waals surface area contributed by atoms with E-state index in [1.165, 1.54) is 0 Å². The lowest BCUT2D eigenvalue weighted by Gasteiger charge is -2.11. The fourth-order valence-electron chi connectivity index (χ4n) is 7.64. The van der Waals surface area contributed by atoms with Gasteiger partial charge in [0.1, 0.15) is 22.3 Å². The van der Waals surface area contributed by atoms with Crippen molar-refractivity contribution in [1.29, 1.82) is 0 Å². The van der Waals surface area contributed by atoms with Crippen molar-refractivity contribution in [3.05, 3.63) is 164 Å². The molecule has 0 aliphatic carbocycles. The highest BCUT2D eigenvalue weighted by Crippen LogP contribution is 2.41. The van der Waals surface area contributed by atoms with Crippen LogP contribution in [0.1, 0.15) is 0 Å². The molecule has 0 aliphatic rings. The maximum Gasteiger partial charge on any atom is 0.160 e. The van der Waals surface area contributed by atoms with Crippen LogP contribution in [-0.4, -0.2) is 14.5 Å². The summed E-state index contributed by atoms with van der Waals surface area (Å²) in [6, 6.07) is 56.6. The number of rotatable bonds is 4. The summed E-state index contributed by atoms with van der Waals surface area (Å²) in [5, 5.41) is 6.71. The first-order valence-electron chi connectivity index (χ1n) is 17.1. The Hall–Kier alpha value is -6.98. The number of para-hydroxylation sites is 3. The van der Waals surface area contributed by atoms with Crippen LogP contribution in [0.5, 0.6) is 0 Å². The second kappa shape index (κ2) is 10.8. The van der Waals surface area contributed by atoms with E-state index in [1.54, 1.807) is 0 Å². The van der Waals surface area contributed by atoms with Crippen LogP contribution in [0.3, 0.4) is 0 Å². The monoisotopic (exact) mass is 653 g/mol. The van der Waals surface area contributed by atoms with Gasteiger partial charge in [-0.05, 0) is 66.7 Å². The number of fused-ring (bicyclic) bond motifs is 10. The summed E-state index contributed by atoms with van der Waals surface area (Å²) >= 11 is 0. The third kappa shape index (κ3) is 4.28. The maximum absolute atomic E-state index is 6.50. The predicted octanol–water partition coefficient (Wildman–Crippen LogP) is 12.4. The number of nitrogens with zero attached hydrogens (tertiary/aromatic N) is 3. The van der Waals surface area contributed by atoms with E-state index in [-0.39, 0.29) is 0 Å². The summed E-state index contributed by atoms with van der Waals surface area (Å²) in [6.45, 7) is 0. The number of benzene rings is 7. The lowest BCUT2D eigenvalue weighted by molar-refractivity contribution is 0.669. The van der Waals surface area contributed by atoms with Crippen molar-refractivity contribution < 1.29 is 8.83 Å². The molecule has 7 aromatic carbocycles. The van der Waals surface area contributed by atoms with E-state index in [4.69, 9.17) is 18.8 Å². The second-order valence-corrected chi connectivity index (χ2v) is 13.0. The molecular weight excluding hydrogens is 627 g/mol. The first kappa shape index (κ1) is 27.9. The van der Waals surface area contributed by atoms with Gasteiger partial charge in [-0.25, -0.2) is 9.97 Å². The molecule has 4 heterocycles. The van der Waals surface area contributed by atoms with Crippen LogP contribution in [0.4, 0.5) is 0 Å². The highest BCUT2D eigenvalue weighted by molar-refractivity contribution is 6.23. The molecule has 0 atom stereocenters. The van der Waals surface area contributed by atoms with Crippen molar-refractivity contribution in [2.45, 2.75) is 0 Å². The number of hydrogen-bond donors (Lipinski definition) is 0. The molecule has 11 aromatic rings. The molecule has 0 spiro atoms. The summed E-state index contributed by atoms with van der Waals surface area (Å²) in [6.07, 6.45) is 0. The Morgan fingerprint density at radius 2 is 1.02 bits per heavy atom. The zero-order valence-electron chi connectivity index (χ0n) is 27.2. The highest BCUT2D eigenvalue weighted by atomic mass is 16.3. The van der Waals surface area contributed by atoms with Crippen LogP contribution >= 0.6 is 0 Å². The van der Waals surface area contributed by atoms with Crippen molar-refractivity contribution in [2.24, 2.45) is 0 Å². The molecule has 4 aromatic heterocycles. The Morgan fingerprint density at radius 3 is 1.82 bits per heavy atom. The van der Waals surface area contributed by atoms with Gasteiger partial charge in [0.05, 0.1) is 27.8 Å². The van der Waals surface area contributed by atoms with Crippen molar-refractivity contribution >= 4 is 65.7 Å². The molecular formula is C46H27N3O2. The summed E-state index contributed by atoms with van der Waals surface area (Å²) in [5.41, 5.74) is 11.6. The highest BCUT2D eigenvalue weighted by Gasteiger charge is 2.19. The minimum Gasteiger partial charge on any atom is -0.456 e. The summed E-state index contributed by atoms with van der Waals surface area (Å²) in [4.78, 5) is 10.2. The van der Waals surface area contributed by atoms with Crippen LogP contribution in [0, 0.1) is 0 Å². The van der Waals surface area contributed by atoms with Crippen molar-refractivity contribution in [3.8, 4) is 39.6 Å². The Balaban J connectivity index is 1.07. The van der Waals surface area contributed by atoms with Crippen LogP contribution < -0.4 is 0 Å². The van der Waals surface area contributed by atoms with Gasteiger partial charge in [-0.2, -0.15) is 0 Å². The molecule has 0 bridgehead atoms. The first-order chi connectivity index (χ1) is 25.3. The molecule has 0 radical (unpaired) electrons. The second-order valence-electron chi connectivity index (χ2n) is 13.0. The third-order valence-corrected chi connectivity index (χ3v) is 10.0. The van der Waals surface area contributed by atoms with E-state index in [1.807, 2.05) is 54.6 Å². The topological polar surface area (TPSA) is 57.0 Å². The molecule has 0 aliphatic heterocycles. The molecule has 5 heteroatoms. The Kier molecular flexibility index (Phi) is 5.89. The zero-order chi connectivity index (χ0) is 33.5. The van der Waals surface area contributed by atoms with Crippen molar-refractivity contribution in [3.63, 3.8) is 0 Å². The molecule has 0 saturated heterocycles. The van der Waals surface area contributed by atoms with E-state index in [2.05, 4.69) is 114 Å². The van der Waals surface area contributed by atoms with Crippen LogP contribution in [0.25, 0.3) is 105 Å². The van der Waals surface area contributed by atoms with Gasteiger partial charge in [0.25, 0.3) is 0 Å². The van der Waals surface area contributed by atoms with E-state index < -0.39 is 0 Å². The van der Waals surface area contributed by atoms with Crippen LogP contribution in [-0.2, 0) is 0 Å². The number of furan rings is 2. The molecule has 51 heavy (non-hydrogen) atoms. The SMILES string of the molecule is c1ccc(-c2nc(-c3ccc(-n4c5ccccc5c5c6oc7ccccc7c6ccc54)cc3)cc(-c3ccc4oc5ccccc5c4c3)n2)cc1. The minimum absolute atomic E-state index is 0.682. The molecule has 238 valence electrons. The van der Waals surface area contributed by atoms with Crippen molar-refractivity contribution in [2.75, 3.05) is 0 Å². The number of aromatic nitrogens is 3. The van der Waals surface area contributed by atoms with Gasteiger partial charge >= 0.3 is 0 Å². The van der Waals surface area contributed by atoms with E-state index in [9.17, 15) is 0 Å². The standard InChI is InChI=1S/C46H27N3O2/c1-2-10-29(11-3-1)46-47-37(27-38(48-46)30-20-25-43-36(26-30)33-13-6-8-16-41(33)50-43)28-18-21-31(22-19-28)49-39-15-7-4-14-35(39)44-40(49)24-23-34-32-12-5-9-17-42(32)51-45(34)44/h1-27H. The Labute approximate surface area is 291 Å². The van der Waals surface area contributed by atoms with Gasteiger partial charge < -0.3 is 13.4 Å². The van der Waals surface area contributed by atoms with Gasteiger partial charge in [0, 0.05) is 49.3 Å². The quantitative estimate of drug-likeness (QED) is 0.190. The maximum atomic E-state index is 6.50. The van der Waals surface area contributed by atoms with Crippen LogP contribution in [0.15, 0.2) is 173 Å². The minimum atomic E-state index is 0.682. The molecule has 0 fully saturated rings. The fraction of sp³-hybridized carbons (Fsp3) is 0. The molecule has 5 nitrogen and oxygen atoms in total. The van der Waals surface area contributed by atoms with Gasteiger partial charge in [0.2, 0.25) is 0 Å². The Bertz CT molecular complexity index is 3130. The lowest BCUT2D eigenvalue weighted by atomic mass is 10.0. The Morgan fingerprint density at radius 1 is 0.392 bits per heavy atom. The molecule has 0 amide bonds. The molecule has 0 unspecified atom stereocenters. The van der Waals surface area contributed by atoms with Gasteiger partial charge in [-0.3, -0.25) is 0 Å². The third-order valence-electron chi connectivity index (χ3n) is 10.0. The van der Waals surface area contributed by atoms with Gasteiger partial charge in [-0.1, -0.05) is 97.1 Å². The molecule has 0 N–H and O–H groups in total. The largest absolute Gasteiger partial charge is 0.456 e. The van der Waals surface area contributed by atoms with E-state index in [0.29, 0.717) is 5.82 Å². The van der Waals surface area contributed by atoms with Gasteiger partial charge in [0.15, 0.2) is 5.82 Å². The lowest BCUT2D eigenvalue weighted by Crippen LogP contribution is -1.97. The molecule has 11 rings (SSSR count). The summed E-state index contributed by atoms with van der Waals surface area (Å²) in [5.74, 6) is 0.682. The van der Waals surface area contributed by atoms with E-state index in [0.717, 1.165) is 99.4 Å². The predicted molar refractivity (Wildman–Crippen MR) is 207 cm³/mol. The molecule has 0 saturated carbocycles. The van der Waals surface area contributed by atoms with Gasteiger partial charge in [-0.15, -0.1) is 0 Å². The fourth-order valence-corrected chi connectivity index (χ4v) is 7.64. The average Bonchev–Trinajstić information content (AvgIpc) is 3.87. The number of hydrogen-bond acceptors (Lipinski definition) is 4. The van der Waals surface area contributed by atoms with E-state index >= 15 is 0 Å².